The van der Waals surface area contributed by atoms with E-state index in [1.54, 1.807) is 0 Å². The van der Waals surface area contributed by atoms with Crippen molar-refractivity contribution in [3.8, 4) is 0 Å². The van der Waals surface area contributed by atoms with E-state index in [1.807, 2.05) is 0 Å². The molecule has 2 heteroatoms. The minimum Gasteiger partial charge on any atom is -0.329 e. The highest BCUT2D eigenvalue weighted by Gasteiger charge is 2.03. The lowest BCUT2D eigenvalue weighted by Crippen LogP contribution is -2.36. The van der Waals surface area contributed by atoms with E-state index in [1.165, 1.54) is 32.1 Å². The second kappa shape index (κ2) is 11.7. The minimum atomic E-state index is 0.520. The standard InChI is InChI=1S/C13H28N2/c1-3-5-7-8-10-13(12-14)15-11-9-6-4-2/h4,6,13,15H,3,5,7-12,14H2,1-2H3/b6-4+. The number of hydrogen-bond acceptors (Lipinski definition) is 2. The molecule has 0 radical (unpaired) electrons. The van der Waals surface area contributed by atoms with Crippen LogP contribution in [0.2, 0.25) is 0 Å². The lowest BCUT2D eigenvalue weighted by molar-refractivity contribution is 0.466. The highest BCUT2D eigenvalue weighted by atomic mass is 14.9. The Morgan fingerprint density at radius 3 is 2.67 bits per heavy atom. The second-order valence-corrected chi connectivity index (χ2v) is 4.09. The van der Waals surface area contributed by atoms with Crippen LogP contribution in [0, 0.1) is 0 Å². The average Bonchev–Trinajstić information content (AvgIpc) is 2.27. The molecule has 2 nitrogen and oxygen atoms in total. The fraction of sp³-hybridized carbons (Fsp3) is 0.846. The molecular formula is C13H28N2. The summed E-state index contributed by atoms with van der Waals surface area (Å²) in [4.78, 5) is 0. The normalized spacial score (nSPS) is 13.5. The van der Waals surface area contributed by atoms with Gasteiger partial charge in [-0.2, -0.15) is 0 Å². The smallest absolute Gasteiger partial charge is 0.0190 e. The zero-order chi connectivity index (χ0) is 11.4. The van der Waals surface area contributed by atoms with Crippen molar-refractivity contribution in [2.24, 2.45) is 5.73 Å². The Bertz CT molecular complexity index is 143. The Morgan fingerprint density at radius 2 is 2.07 bits per heavy atom. The van der Waals surface area contributed by atoms with Crippen molar-refractivity contribution in [3.05, 3.63) is 12.2 Å². The van der Waals surface area contributed by atoms with Gasteiger partial charge >= 0.3 is 0 Å². The van der Waals surface area contributed by atoms with E-state index in [4.69, 9.17) is 5.73 Å². The first-order valence-electron chi connectivity index (χ1n) is 6.39. The van der Waals surface area contributed by atoms with E-state index in [2.05, 4.69) is 31.3 Å². The van der Waals surface area contributed by atoms with E-state index < -0.39 is 0 Å². The Balaban J connectivity index is 3.37. The third-order valence-corrected chi connectivity index (χ3v) is 2.67. The first-order chi connectivity index (χ1) is 7.35. The van der Waals surface area contributed by atoms with E-state index in [-0.39, 0.29) is 0 Å². The molecule has 0 saturated carbocycles. The fourth-order valence-electron chi connectivity index (χ4n) is 1.66. The Kier molecular flexibility index (Phi) is 11.5. The maximum Gasteiger partial charge on any atom is 0.0190 e. The molecule has 90 valence electrons. The van der Waals surface area contributed by atoms with Crippen LogP contribution in [-0.2, 0) is 0 Å². The van der Waals surface area contributed by atoms with Gasteiger partial charge in [-0.15, -0.1) is 0 Å². The predicted molar refractivity (Wildman–Crippen MR) is 69.0 cm³/mol. The molecule has 0 heterocycles. The quantitative estimate of drug-likeness (QED) is 0.432. The van der Waals surface area contributed by atoms with Gasteiger partial charge in [0.1, 0.15) is 0 Å². The van der Waals surface area contributed by atoms with Gasteiger partial charge in [-0.05, 0) is 26.3 Å². The van der Waals surface area contributed by atoms with Crippen LogP contribution >= 0.6 is 0 Å². The summed E-state index contributed by atoms with van der Waals surface area (Å²) in [7, 11) is 0. The minimum absolute atomic E-state index is 0.520. The summed E-state index contributed by atoms with van der Waals surface area (Å²) < 4.78 is 0. The molecule has 1 atom stereocenters. The van der Waals surface area contributed by atoms with Gasteiger partial charge in [0.25, 0.3) is 0 Å². The lowest BCUT2D eigenvalue weighted by atomic mass is 10.1. The monoisotopic (exact) mass is 212 g/mol. The van der Waals surface area contributed by atoms with Crippen LogP contribution in [-0.4, -0.2) is 19.1 Å². The molecule has 3 N–H and O–H groups in total. The van der Waals surface area contributed by atoms with Crippen molar-refractivity contribution in [1.82, 2.24) is 5.32 Å². The van der Waals surface area contributed by atoms with Crippen LogP contribution in [0.4, 0.5) is 0 Å². The Labute approximate surface area is 95.3 Å². The van der Waals surface area contributed by atoms with Crippen LogP contribution in [0.3, 0.4) is 0 Å². The van der Waals surface area contributed by atoms with Crippen LogP contribution < -0.4 is 11.1 Å². The summed E-state index contributed by atoms with van der Waals surface area (Å²) in [6, 6.07) is 0.520. The van der Waals surface area contributed by atoms with Crippen molar-refractivity contribution in [2.45, 2.75) is 58.4 Å². The van der Waals surface area contributed by atoms with Gasteiger partial charge in [0.15, 0.2) is 0 Å². The number of nitrogens with two attached hydrogens (primary N) is 1. The third kappa shape index (κ3) is 9.95. The number of allylic oxidation sites excluding steroid dienone is 1. The van der Waals surface area contributed by atoms with Gasteiger partial charge < -0.3 is 11.1 Å². The van der Waals surface area contributed by atoms with Gasteiger partial charge in [0.05, 0.1) is 0 Å². The summed E-state index contributed by atoms with van der Waals surface area (Å²) in [6.45, 7) is 6.13. The van der Waals surface area contributed by atoms with Crippen LogP contribution in [0.5, 0.6) is 0 Å². The Hall–Kier alpha value is -0.340. The molecule has 15 heavy (non-hydrogen) atoms. The van der Waals surface area contributed by atoms with Crippen LogP contribution in [0.15, 0.2) is 12.2 Å². The van der Waals surface area contributed by atoms with Gasteiger partial charge in [0, 0.05) is 12.6 Å². The molecule has 0 bridgehead atoms. The Morgan fingerprint density at radius 1 is 1.27 bits per heavy atom. The first kappa shape index (κ1) is 14.7. The van der Waals surface area contributed by atoms with Gasteiger partial charge in [-0.3, -0.25) is 0 Å². The highest BCUT2D eigenvalue weighted by molar-refractivity contribution is 4.78. The molecule has 1 unspecified atom stereocenters. The van der Waals surface area contributed by atoms with Crippen molar-refractivity contribution in [2.75, 3.05) is 13.1 Å². The average molecular weight is 212 g/mol. The van der Waals surface area contributed by atoms with Crippen molar-refractivity contribution in [1.29, 1.82) is 0 Å². The van der Waals surface area contributed by atoms with Crippen molar-refractivity contribution < 1.29 is 0 Å². The van der Waals surface area contributed by atoms with Crippen molar-refractivity contribution in [3.63, 3.8) is 0 Å². The molecular weight excluding hydrogens is 184 g/mol. The fourth-order valence-corrected chi connectivity index (χ4v) is 1.66. The van der Waals surface area contributed by atoms with E-state index >= 15 is 0 Å². The molecule has 0 rings (SSSR count). The maximum atomic E-state index is 5.72. The zero-order valence-electron chi connectivity index (χ0n) is 10.5. The SMILES string of the molecule is C/C=C/CCNC(CN)CCCCCC. The molecule has 0 aromatic rings. The molecule has 0 amide bonds. The number of unbranched alkanes of at least 4 members (excludes halogenated alkanes) is 3. The summed E-state index contributed by atoms with van der Waals surface area (Å²) in [6.07, 6.45) is 12.0. The molecule has 0 spiro atoms. The zero-order valence-corrected chi connectivity index (χ0v) is 10.5. The van der Waals surface area contributed by atoms with Crippen LogP contribution in [0.25, 0.3) is 0 Å². The predicted octanol–water partition coefficient (Wildman–Crippen LogP) is 2.84. The number of rotatable bonds is 10. The number of nitrogens with one attached hydrogen (secondary N) is 1. The maximum absolute atomic E-state index is 5.72. The molecule has 0 saturated heterocycles. The summed E-state index contributed by atoms with van der Waals surface area (Å²) in [5, 5.41) is 3.50. The van der Waals surface area contributed by atoms with E-state index in [9.17, 15) is 0 Å². The molecule has 0 aliphatic carbocycles. The molecule has 0 aromatic carbocycles. The van der Waals surface area contributed by atoms with Crippen molar-refractivity contribution >= 4 is 0 Å². The summed E-state index contributed by atoms with van der Waals surface area (Å²) in [5.74, 6) is 0. The van der Waals surface area contributed by atoms with E-state index in [0.29, 0.717) is 6.04 Å². The first-order valence-corrected chi connectivity index (χ1v) is 6.39. The molecule has 0 fully saturated rings. The van der Waals surface area contributed by atoms with E-state index in [0.717, 1.165) is 19.5 Å². The van der Waals surface area contributed by atoms with Crippen LogP contribution in [0.1, 0.15) is 52.4 Å². The highest BCUT2D eigenvalue weighted by Crippen LogP contribution is 2.04. The second-order valence-electron chi connectivity index (χ2n) is 4.09. The largest absolute Gasteiger partial charge is 0.329 e. The number of hydrogen-bond donors (Lipinski definition) is 2. The third-order valence-electron chi connectivity index (χ3n) is 2.67. The van der Waals surface area contributed by atoms with Gasteiger partial charge in [-0.25, -0.2) is 0 Å². The summed E-state index contributed by atoms with van der Waals surface area (Å²) >= 11 is 0. The summed E-state index contributed by atoms with van der Waals surface area (Å²) in [5.41, 5.74) is 5.72. The topological polar surface area (TPSA) is 38.0 Å². The molecule has 0 aliphatic rings. The van der Waals surface area contributed by atoms with Gasteiger partial charge in [-0.1, -0.05) is 44.8 Å². The lowest BCUT2D eigenvalue weighted by Gasteiger charge is -2.15. The molecule has 0 aromatic heterocycles. The van der Waals surface area contributed by atoms with Gasteiger partial charge in [0.2, 0.25) is 0 Å². The molecule has 0 aliphatic heterocycles.